The zero-order valence-corrected chi connectivity index (χ0v) is 9.13. The lowest BCUT2D eigenvalue weighted by molar-refractivity contribution is -0.155. The van der Waals surface area contributed by atoms with E-state index in [0.29, 0.717) is 25.7 Å². The molecular weight excluding hydrogens is 182 g/mol. The molecule has 1 fully saturated rings. The van der Waals surface area contributed by atoms with Crippen LogP contribution in [0.3, 0.4) is 0 Å². The van der Waals surface area contributed by atoms with Gasteiger partial charge in [-0.15, -0.1) is 0 Å². The summed E-state index contributed by atoms with van der Waals surface area (Å²) in [5.74, 6) is 0.217. The molecule has 0 aromatic heterocycles. The van der Waals surface area contributed by atoms with E-state index in [4.69, 9.17) is 9.47 Å². The van der Waals surface area contributed by atoms with Crippen molar-refractivity contribution in [1.82, 2.24) is 5.32 Å². The number of hydrogen-bond donors (Lipinski definition) is 1. The van der Waals surface area contributed by atoms with Gasteiger partial charge in [-0.25, -0.2) is 4.79 Å². The van der Waals surface area contributed by atoms with Gasteiger partial charge in [-0.3, -0.25) is 5.32 Å². The first kappa shape index (κ1) is 11.5. The van der Waals surface area contributed by atoms with Crippen molar-refractivity contribution in [3.8, 4) is 0 Å². The molecule has 4 heteroatoms. The second kappa shape index (κ2) is 4.75. The Morgan fingerprint density at radius 1 is 1.64 bits per heavy atom. The number of methoxy groups -OCH3 is 1. The lowest BCUT2D eigenvalue weighted by atomic mass is 9.88. The average molecular weight is 201 g/mol. The maximum Gasteiger partial charge on any atom is 0.328 e. The topological polar surface area (TPSA) is 47.6 Å². The maximum absolute atomic E-state index is 11.7. The summed E-state index contributed by atoms with van der Waals surface area (Å²) in [7, 11) is 1.42. The Labute approximate surface area is 85.0 Å². The molecule has 0 aromatic rings. The maximum atomic E-state index is 11.7. The van der Waals surface area contributed by atoms with E-state index in [-0.39, 0.29) is 5.97 Å². The van der Waals surface area contributed by atoms with E-state index in [9.17, 15) is 4.79 Å². The molecule has 1 rings (SSSR count). The standard InChI is InChI=1S/C10H19NO3/c1-8(2)6-10(9(12)13-3)7-14-5-4-11-10/h8,11H,4-7H2,1-3H3. The molecule has 1 atom stereocenters. The number of esters is 1. The predicted octanol–water partition coefficient (Wildman–Crippen LogP) is 0.564. The molecule has 1 N–H and O–H groups in total. The van der Waals surface area contributed by atoms with Crippen molar-refractivity contribution in [3.63, 3.8) is 0 Å². The fraction of sp³-hybridized carbons (Fsp3) is 0.900. The smallest absolute Gasteiger partial charge is 0.328 e. The Morgan fingerprint density at radius 2 is 2.36 bits per heavy atom. The molecule has 0 aliphatic carbocycles. The lowest BCUT2D eigenvalue weighted by Gasteiger charge is -2.36. The molecule has 0 bridgehead atoms. The van der Waals surface area contributed by atoms with Gasteiger partial charge in [0.1, 0.15) is 5.54 Å². The van der Waals surface area contributed by atoms with Gasteiger partial charge < -0.3 is 9.47 Å². The van der Waals surface area contributed by atoms with E-state index in [1.54, 1.807) is 0 Å². The lowest BCUT2D eigenvalue weighted by Crippen LogP contribution is -2.60. The fourth-order valence-electron chi connectivity index (χ4n) is 1.90. The molecule has 0 radical (unpaired) electrons. The monoisotopic (exact) mass is 201 g/mol. The Kier molecular flexibility index (Phi) is 3.89. The Morgan fingerprint density at radius 3 is 2.79 bits per heavy atom. The summed E-state index contributed by atoms with van der Waals surface area (Å²) in [6, 6.07) is 0. The van der Waals surface area contributed by atoms with Crippen LogP contribution in [-0.2, 0) is 14.3 Å². The highest BCUT2D eigenvalue weighted by atomic mass is 16.5. The largest absolute Gasteiger partial charge is 0.468 e. The summed E-state index contributed by atoms with van der Waals surface area (Å²) < 4.78 is 10.2. The van der Waals surface area contributed by atoms with Gasteiger partial charge in [0.05, 0.1) is 20.3 Å². The molecular formula is C10H19NO3. The third kappa shape index (κ3) is 2.45. The summed E-state index contributed by atoms with van der Waals surface area (Å²) in [4.78, 5) is 11.7. The minimum Gasteiger partial charge on any atom is -0.468 e. The Hall–Kier alpha value is -0.610. The van der Waals surface area contributed by atoms with Crippen molar-refractivity contribution >= 4 is 5.97 Å². The molecule has 1 heterocycles. The second-order valence-electron chi connectivity index (χ2n) is 4.15. The number of carbonyl (C=O) groups is 1. The van der Waals surface area contributed by atoms with Crippen LogP contribution < -0.4 is 5.32 Å². The van der Waals surface area contributed by atoms with E-state index in [0.717, 1.165) is 6.42 Å². The summed E-state index contributed by atoms with van der Waals surface area (Å²) in [6.45, 7) is 5.96. The van der Waals surface area contributed by atoms with E-state index in [2.05, 4.69) is 19.2 Å². The summed E-state index contributed by atoms with van der Waals surface area (Å²) in [5, 5.41) is 3.22. The molecule has 1 aliphatic heterocycles. The molecule has 82 valence electrons. The van der Waals surface area contributed by atoms with Gasteiger partial charge in [0.25, 0.3) is 0 Å². The average Bonchev–Trinajstić information content (AvgIpc) is 2.17. The van der Waals surface area contributed by atoms with Crippen molar-refractivity contribution in [2.45, 2.75) is 25.8 Å². The number of ether oxygens (including phenoxy) is 2. The van der Waals surface area contributed by atoms with Gasteiger partial charge in [0.15, 0.2) is 0 Å². The van der Waals surface area contributed by atoms with Crippen LogP contribution in [0.1, 0.15) is 20.3 Å². The van der Waals surface area contributed by atoms with Gasteiger partial charge >= 0.3 is 5.97 Å². The van der Waals surface area contributed by atoms with Gasteiger partial charge in [-0.1, -0.05) is 13.8 Å². The zero-order valence-electron chi connectivity index (χ0n) is 9.13. The molecule has 14 heavy (non-hydrogen) atoms. The van der Waals surface area contributed by atoms with Crippen LogP contribution in [0.2, 0.25) is 0 Å². The molecule has 0 amide bonds. The van der Waals surface area contributed by atoms with Crippen LogP contribution in [0.15, 0.2) is 0 Å². The first-order valence-corrected chi connectivity index (χ1v) is 5.02. The number of carbonyl (C=O) groups excluding carboxylic acids is 1. The van der Waals surface area contributed by atoms with Crippen LogP contribution in [0.4, 0.5) is 0 Å². The van der Waals surface area contributed by atoms with Crippen LogP contribution in [0, 0.1) is 5.92 Å². The van der Waals surface area contributed by atoms with Crippen LogP contribution in [-0.4, -0.2) is 38.4 Å². The Balaban J connectivity index is 2.71. The fourth-order valence-corrected chi connectivity index (χ4v) is 1.90. The van der Waals surface area contributed by atoms with Crippen molar-refractivity contribution in [3.05, 3.63) is 0 Å². The minimum atomic E-state index is -0.624. The quantitative estimate of drug-likeness (QED) is 0.678. The third-order valence-corrected chi connectivity index (χ3v) is 2.39. The highest BCUT2D eigenvalue weighted by molar-refractivity contribution is 5.81. The third-order valence-electron chi connectivity index (χ3n) is 2.39. The normalized spacial score (nSPS) is 27.7. The van der Waals surface area contributed by atoms with Crippen molar-refractivity contribution in [2.24, 2.45) is 5.92 Å². The summed E-state index contributed by atoms with van der Waals surface area (Å²) >= 11 is 0. The van der Waals surface area contributed by atoms with E-state index >= 15 is 0 Å². The van der Waals surface area contributed by atoms with Gasteiger partial charge in [-0.05, 0) is 12.3 Å². The first-order valence-electron chi connectivity index (χ1n) is 5.02. The number of morpholine rings is 1. The molecule has 1 unspecified atom stereocenters. The van der Waals surface area contributed by atoms with Gasteiger partial charge in [-0.2, -0.15) is 0 Å². The van der Waals surface area contributed by atoms with E-state index in [1.165, 1.54) is 7.11 Å². The van der Waals surface area contributed by atoms with Gasteiger partial charge in [0.2, 0.25) is 0 Å². The van der Waals surface area contributed by atoms with E-state index in [1.807, 2.05) is 0 Å². The molecule has 0 aromatic carbocycles. The number of nitrogens with one attached hydrogen (secondary N) is 1. The number of hydrogen-bond acceptors (Lipinski definition) is 4. The second-order valence-corrected chi connectivity index (χ2v) is 4.15. The summed E-state index contributed by atoms with van der Waals surface area (Å²) in [6.07, 6.45) is 0.750. The summed E-state index contributed by atoms with van der Waals surface area (Å²) in [5.41, 5.74) is -0.624. The SMILES string of the molecule is COC(=O)C1(CC(C)C)COCCN1. The molecule has 0 saturated carbocycles. The molecule has 1 aliphatic rings. The van der Waals surface area contributed by atoms with Crippen LogP contribution >= 0.6 is 0 Å². The molecule has 1 saturated heterocycles. The minimum absolute atomic E-state index is 0.217. The Bertz CT molecular complexity index is 198. The van der Waals surface area contributed by atoms with Crippen molar-refractivity contribution in [2.75, 3.05) is 26.9 Å². The number of rotatable bonds is 3. The van der Waals surface area contributed by atoms with E-state index < -0.39 is 5.54 Å². The highest BCUT2D eigenvalue weighted by Crippen LogP contribution is 2.21. The predicted molar refractivity (Wildman–Crippen MR) is 53.0 cm³/mol. The van der Waals surface area contributed by atoms with Gasteiger partial charge in [0, 0.05) is 6.54 Å². The molecule has 4 nitrogen and oxygen atoms in total. The van der Waals surface area contributed by atoms with Crippen LogP contribution in [0.5, 0.6) is 0 Å². The van der Waals surface area contributed by atoms with Crippen molar-refractivity contribution in [1.29, 1.82) is 0 Å². The highest BCUT2D eigenvalue weighted by Gasteiger charge is 2.41. The van der Waals surface area contributed by atoms with Crippen molar-refractivity contribution < 1.29 is 14.3 Å². The zero-order chi connectivity index (χ0) is 10.6. The molecule has 0 spiro atoms. The first-order chi connectivity index (χ1) is 6.60. The van der Waals surface area contributed by atoms with Crippen LogP contribution in [0.25, 0.3) is 0 Å².